The highest BCUT2D eigenvalue weighted by Crippen LogP contribution is 2.52. The van der Waals surface area contributed by atoms with Crippen molar-refractivity contribution in [3.8, 4) is 0 Å². The zero-order valence-electron chi connectivity index (χ0n) is 16.4. The molecule has 144 valence electrons. The highest BCUT2D eigenvalue weighted by atomic mass is 16.3. The molecule has 2 aliphatic rings. The highest BCUT2D eigenvalue weighted by Gasteiger charge is 2.45. The average Bonchev–Trinajstić information content (AvgIpc) is 3.24. The number of carbonyl (C=O) groups is 1. The lowest BCUT2D eigenvalue weighted by atomic mass is 9.73. The average molecular weight is 367 g/mol. The van der Waals surface area contributed by atoms with Crippen molar-refractivity contribution < 1.29 is 9.21 Å². The van der Waals surface area contributed by atoms with Gasteiger partial charge in [0.1, 0.15) is 0 Å². The van der Waals surface area contributed by atoms with Crippen LogP contribution in [0.2, 0.25) is 0 Å². The van der Waals surface area contributed by atoms with Crippen LogP contribution < -0.4 is 5.32 Å². The first-order valence-corrected chi connectivity index (χ1v) is 10.2. The molecular weight excluding hydrogens is 336 g/mol. The van der Waals surface area contributed by atoms with Crippen LogP contribution in [-0.2, 0) is 16.8 Å². The highest BCUT2D eigenvalue weighted by molar-refractivity contribution is 5.77. The molecule has 2 aromatic rings. The molecular formula is C23H30N2O2. The summed E-state index contributed by atoms with van der Waals surface area (Å²) in [6.45, 7) is 7.22. The third-order valence-corrected chi connectivity index (χ3v) is 6.29. The van der Waals surface area contributed by atoms with Crippen molar-refractivity contribution in [1.29, 1.82) is 0 Å². The van der Waals surface area contributed by atoms with E-state index in [1.165, 1.54) is 29.5 Å². The van der Waals surface area contributed by atoms with Crippen molar-refractivity contribution in [3.63, 3.8) is 0 Å². The van der Waals surface area contributed by atoms with Crippen molar-refractivity contribution in [1.82, 2.24) is 10.2 Å². The van der Waals surface area contributed by atoms with Crippen LogP contribution in [0.25, 0.3) is 0 Å². The van der Waals surface area contributed by atoms with E-state index >= 15 is 0 Å². The minimum absolute atomic E-state index is 0.180. The Bertz CT molecular complexity index is 773. The Kier molecular flexibility index (Phi) is 5.09. The van der Waals surface area contributed by atoms with E-state index in [-0.39, 0.29) is 17.4 Å². The molecule has 1 amide bonds. The molecule has 0 radical (unpaired) electrons. The summed E-state index contributed by atoms with van der Waals surface area (Å²) in [4.78, 5) is 14.9. The van der Waals surface area contributed by atoms with Crippen LogP contribution in [0.15, 0.2) is 47.3 Å². The molecule has 1 spiro atoms. The normalized spacial score (nSPS) is 21.5. The Morgan fingerprint density at radius 1 is 1.26 bits per heavy atom. The predicted octanol–water partition coefficient (Wildman–Crippen LogP) is 4.22. The number of hydrogen-bond acceptors (Lipinski definition) is 3. The number of hydrogen-bond donors (Lipinski definition) is 1. The second-order valence-electron chi connectivity index (χ2n) is 8.60. The molecule has 2 heterocycles. The minimum Gasteiger partial charge on any atom is -0.472 e. The maximum atomic E-state index is 12.4. The third-order valence-electron chi connectivity index (χ3n) is 6.29. The van der Waals surface area contributed by atoms with Crippen LogP contribution in [-0.4, -0.2) is 29.9 Å². The Morgan fingerprint density at radius 3 is 2.74 bits per heavy atom. The molecule has 1 atom stereocenters. The standard InChI is InChI=1S/C23H30N2O2/c1-17(2)24-22(26)13-19-14-23(21-6-4-3-5-20(19)21)8-10-25(11-9-23)15-18-7-12-27-16-18/h3-7,12,16-17,19H,8-11,13-15H2,1-2H3,(H,24,26). The zero-order valence-corrected chi connectivity index (χ0v) is 16.4. The van der Waals surface area contributed by atoms with Gasteiger partial charge in [-0.3, -0.25) is 9.69 Å². The molecule has 1 saturated heterocycles. The van der Waals surface area contributed by atoms with E-state index in [0.29, 0.717) is 12.3 Å². The molecule has 1 aliphatic heterocycles. The van der Waals surface area contributed by atoms with Gasteiger partial charge in [0, 0.05) is 24.6 Å². The molecule has 0 bridgehead atoms. The number of furan rings is 1. The summed E-state index contributed by atoms with van der Waals surface area (Å²) in [7, 11) is 0. The van der Waals surface area contributed by atoms with Crippen LogP contribution >= 0.6 is 0 Å². The molecule has 4 heteroatoms. The van der Waals surface area contributed by atoms with Crippen LogP contribution in [0.4, 0.5) is 0 Å². The summed E-state index contributed by atoms with van der Waals surface area (Å²) in [6.07, 6.45) is 7.65. The first kappa shape index (κ1) is 18.3. The number of rotatable bonds is 5. The third kappa shape index (κ3) is 3.81. The number of fused-ring (bicyclic) bond motifs is 2. The fraction of sp³-hybridized carbons (Fsp3) is 0.522. The van der Waals surface area contributed by atoms with E-state index in [0.717, 1.165) is 26.1 Å². The molecule has 1 N–H and O–H groups in total. The van der Waals surface area contributed by atoms with Crippen LogP contribution in [0, 0.1) is 0 Å². The fourth-order valence-electron chi connectivity index (χ4n) is 5.07. The van der Waals surface area contributed by atoms with Gasteiger partial charge in [-0.05, 0) is 74.7 Å². The first-order valence-electron chi connectivity index (χ1n) is 10.2. The van der Waals surface area contributed by atoms with Gasteiger partial charge in [-0.1, -0.05) is 24.3 Å². The van der Waals surface area contributed by atoms with E-state index in [1.807, 2.05) is 20.1 Å². The summed E-state index contributed by atoms with van der Waals surface area (Å²) in [5.41, 5.74) is 4.39. The summed E-state index contributed by atoms with van der Waals surface area (Å²) >= 11 is 0. The quantitative estimate of drug-likeness (QED) is 0.862. The van der Waals surface area contributed by atoms with Crippen LogP contribution in [0.5, 0.6) is 0 Å². The largest absolute Gasteiger partial charge is 0.472 e. The summed E-state index contributed by atoms with van der Waals surface area (Å²) < 4.78 is 5.21. The van der Waals surface area contributed by atoms with E-state index in [1.54, 1.807) is 6.26 Å². The molecule has 1 aromatic heterocycles. The molecule has 1 aromatic carbocycles. The van der Waals surface area contributed by atoms with Crippen molar-refractivity contribution in [2.75, 3.05) is 13.1 Å². The van der Waals surface area contributed by atoms with Gasteiger partial charge in [-0.2, -0.15) is 0 Å². The molecule has 4 rings (SSSR count). The molecule has 1 fully saturated rings. The summed E-state index contributed by atoms with van der Waals surface area (Å²) in [6, 6.07) is 11.1. The van der Waals surface area contributed by atoms with Crippen LogP contribution in [0.1, 0.15) is 62.1 Å². The smallest absolute Gasteiger partial charge is 0.220 e. The second kappa shape index (κ2) is 7.51. The van der Waals surface area contributed by atoms with Crippen molar-refractivity contribution >= 4 is 5.91 Å². The Hall–Kier alpha value is -2.07. The number of amides is 1. The number of benzene rings is 1. The van der Waals surface area contributed by atoms with Gasteiger partial charge in [-0.15, -0.1) is 0 Å². The molecule has 4 nitrogen and oxygen atoms in total. The molecule has 1 aliphatic carbocycles. The topological polar surface area (TPSA) is 45.5 Å². The van der Waals surface area contributed by atoms with Gasteiger partial charge in [0.05, 0.1) is 12.5 Å². The zero-order chi connectivity index (χ0) is 18.9. The fourth-order valence-corrected chi connectivity index (χ4v) is 5.07. The van der Waals surface area contributed by atoms with E-state index < -0.39 is 0 Å². The van der Waals surface area contributed by atoms with E-state index in [4.69, 9.17) is 4.42 Å². The number of likely N-dealkylation sites (tertiary alicyclic amines) is 1. The van der Waals surface area contributed by atoms with Gasteiger partial charge in [0.2, 0.25) is 5.91 Å². The maximum Gasteiger partial charge on any atom is 0.220 e. The molecule has 1 unspecified atom stereocenters. The van der Waals surface area contributed by atoms with E-state index in [2.05, 4.69) is 40.5 Å². The summed E-state index contributed by atoms with van der Waals surface area (Å²) in [5.74, 6) is 0.527. The molecule has 27 heavy (non-hydrogen) atoms. The Balaban J connectivity index is 1.46. The number of nitrogens with zero attached hydrogens (tertiary/aromatic N) is 1. The Labute approximate surface area is 161 Å². The lowest BCUT2D eigenvalue weighted by molar-refractivity contribution is -0.122. The minimum atomic E-state index is 0.180. The Morgan fingerprint density at radius 2 is 2.04 bits per heavy atom. The SMILES string of the molecule is CC(C)NC(=O)CC1CC2(CCN(Cc3ccoc3)CC2)c2ccccc21. The van der Waals surface area contributed by atoms with E-state index in [9.17, 15) is 4.79 Å². The lowest BCUT2D eigenvalue weighted by Crippen LogP contribution is -2.41. The van der Waals surface area contributed by atoms with Crippen LogP contribution in [0.3, 0.4) is 0 Å². The van der Waals surface area contributed by atoms with Crippen molar-refractivity contribution in [3.05, 3.63) is 59.5 Å². The van der Waals surface area contributed by atoms with Gasteiger partial charge < -0.3 is 9.73 Å². The maximum absolute atomic E-state index is 12.4. The van der Waals surface area contributed by atoms with Crippen molar-refractivity contribution in [2.45, 2.75) is 63.5 Å². The second-order valence-corrected chi connectivity index (χ2v) is 8.60. The number of carbonyl (C=O) groups excluding carboxylic acids is 1. The monoisotopic (exact) mass is 366 g/mol. The van der Waals surface area contributed by atoms with Gasteiger partial charge >= 0.3 is 0 Å². The lowest BCUT2D eigenvalue weighted by Gasteiger charge is -2.40. The number of piperidine rings is 1. The summed E-state index contributed by atoms with van der Waals surface area (Å²) in [5, 5.41) is 3.07. The number of nitrogens with one attached hydrogen (secondary N) is 1. The first-order chi connectivity index (χ1) is 13.1. The van der Waals surface area contributed by atoms with Crippen molar-refractivity contribution in [2.24, 2.45) is 0 Å². The van der Waals surface area contributed by atoms with Gasteiger partial charge in [-0.25, -0.2) is 0 Å². The van der Waals surface area contributed by atoms with Gasteiger partial charge in [0.25, 0.3) is 0 Å². The molecule has 0 saturated carbocycles. The van der Waals surface area contributed by atoms with Gasteiger partial charge in [0.15, 0.2) is 0 Å². The predicted molar refractivity (Wildman–Crippen MR) is 107 cm³/mol.